The van der Waals surface area contributed by atoms with E-state index >= 15 is 0 Å². The number of hydrogen-bond acceptors (Lipinski definition) is 3. The summed E-state index contributed by atoms with van der Waals surface area (Å²) in [7, 11) is 1.43. The maximum absolute atomic E-state index is 14.1. The number of imidazole rings is 1. The van der Waals surface area contributed by atoms with Crippen molar-refractivity contribution in [1.29, 1.82) is 0 Å². The fourth-order valence-corrected chi connectivity index (χ4v) is 2.22. The maximum atomic E-state index is 14.1. The highest BCUT2D eigenvalue weighted by molar-refractivity contribution is 5.31. The minimum absolute atomic E-state index is 0.191. The third-order valence-corrected chi connectivity index (χ3v) is 3.23. The van der Waals surface area contributed by atoms with E-state index in [-0.39, 0.29) is 12.2 Å². The van der Waals surface area contributed by atoms with Crippen molar-refractivity contribution < 1.29 is 14.2 Å². The van der Waals surface area contributed by atoms with Crippen molar-refractivity contribution in [2.45, 2.75) is 32.4 Å². The molecule has 0 spiro atoms. The second kappa shape index (κ2) is 6.52. The van der Waals surface area contributed by atoms with Crippen LogP contribution in [0.15, 0.2) is 30.7 Å². The van der Waals surface area contributed by atoms with E-state index in [0.717, 1.165) is 13.0 Å². The first-order chi connectivity index (χ1) is 9.67. The topological polar surface area (TPSA) is 47.3 Å². The van der Waals surface area contributed by atoms with Crippen LogP contribution in [-0.4, -0.2) is 21.8 Å². The molecule has 1 unspecified atom stereocenters. The molecule has 0 amide bonds. The number of benzene rings is 1. The van der Waals surface area contributed by atoms with Gasteiger partial charge in [0.1, 0.15) is 0 Å². The summed E-state index contributed by atoms with van der Waals surface area (Å²) >= 11 is 0. The molecule has 0 aliphatic carbocycles. The van der Waals surface area contributed by atoms with Crippen LogP contribution in [0.25, 0.3) is 0 Å². The van der Waals surface area contributed by atoms with Crippen LogP contribution in [0.1, 0.15) is 30.7 Å². The third kappa shape index (κ3) is 2.99. The number of hydrogen-bond donors (Lipinski definition) is 1. The van der Waals surface area contributed by atoms with E-state index in [1.807, 2.05) is 4.57 Å². The molecule has 1 atom stereocenters. The van der Waals surface area contributed by atoms with Gasteiger partial charge in [-0.25, -0.2) is 9.37 Å². The molecule has 2 rings (SSSR count). The fraction of sp³-hybridized carbons (Fsp3) is 0.400. The molecule has 4 nitrogen and oxygen atoms in total. The van der Waals surface area contributed by atoms with E-state index in [1.54, 1.807) is 30.7 Å². The molecule has 2 aromatic rings. The highest BCUT2D eigenvalue weighted by atomic mass is 19.1. The van der Waals surface area contributed by atoms with E-state index in [9.17, 15) is 9.50 Å². The normalized spacial score (nSPS) is 12.4. The quantitative estimate of drug-likeness (QED) is 0.883. The monoisotopic (exact) mass is 278 g/mol. The van der Waals surface area contributed by atoms with Crippen LogP contribution in [0.5, 0.6) is 5.75 Å². The van der Waals surface area contributed by atoms with E-state index in [4.69, 9.17) is 4.74 Å². The number of aromatic nitrogens is 2. The minimum Gasteiger partial charge on any atom is -0.494 e. The average Bonchev–Trinajstić information content (AvgIpc) is 2.90. The standard InChI is InChI=1S/C15H19FN2O2/c1-3-7-18-10-17-9-12(18)13(19)8-11-5-4-6-14(20-2)15(11)16/h4-6,9-10,13,19H,3,7-8H2,1-2H3. The first-order valence-corrected chi connectivity index (χ1v) is 6.66. The zero-order chi connectivity index (χ0) is 14.5. The molecule has 0 bridgehead atoms. The zero-order valence-electron chi connectivity index (χ0n) is 11.7. The molecule has 5 heteroatoms. The number of aliphatic hydroxyl groups excluding tert-OH is 1. The number of aliphatic hydroxyl groups is 1. The molecular weight excluding hydrogens is 259 g/mol. The van der Waals surface area contributed by atoms with Gasteiger partial charge < -0.3 is 14.4 Å². The highest BCUT2D eigenvalue weighted by Gasteiger charge is 2.17. The zero-order valence-corrected chi connectivity index (χ0v) is 11.7. The van der Waals surface area contributed by atoms with Gasteiger partial charge >= 0.3 is 0 Å². The largest absolute Gasteiger partial charge is 0.494 e. The maximum Gasteiger partial charge on any atom is 0.168 e. The molecule has 1 N–H and O–H groups in total. The first kappa shape index (κ1) is 14.5. The second-order valence-corrected chi connectivity index (χ2v) is 4.67. The number of nitrogens with zero attached hydrogens (tertiary/aromatic N) is 2. The lowest BCUT2D eigenvalue weighted by Gasteiger charge is -2.14. The Hall–Kier alpha value is -1.88. The summed E-state index contributed by atoms with van der Waals surface area (Å²) in [5, 5.41) is 10.3. The third-order valence-electron chi connectivity index (χ3n) is 3.23. The SMILES string of the molecule is CCCn1cncc1C(O)Cc1cccc(OC)c1F. The molecular formula is C15H19FN2O2. The van der Waals surface area contributed by atoms with Crippen LogP contribution >= 0.6 is 0 Å². The van der Waals surface area contributed by atoms with Crippen LogP contribution < -0.4 is 4.74 Å². The lowest BCUT2D eigenvalue weighted by Crippen LogP contribution is -2.10. The summed E-state index contributed by atoms with van der Waals surface area (Å²) in [6.07, 6.45) is 3.66. The molecule has 0 fully saturated rings. The summed E-state index contributed by atoms with van der Waals surface area (Å²) in [5.41, 5.74) is 1.13. The van der Waals surface area contributed by atoms with Crippen LogP contribution in [0.4, 0.5) is 4.39 Å². The van der Waals surface area contributed by atoms with Crippen molar-refractivity contribution in [2.75, 3.05) is 7.11 Å². The van der Waals surface area contributed by atoms with E-state index < -0.39 is 11.9 Å². The van der Waals surface area contributed by atoms with Gasteiger partial charge in [0.2, 0.25) is 0 Å². The van der Waals surface area contributed by atoms with Crippen molar-refractivity contribution in [3.63, 3.8) is 0 Å². The number of rotatable bonds is 6. The lowest BCUT2D eigenvalue weighted by molar-refractivity contribution is 0.167. The summed E-state index contributed by atoms with van der Waals surface area (Å²) in [6.45, 7) is 2.84. The van der Waals surface area contributed by atoms with Crippen LogP contribution in [0, 0.1) is 5.82 Å². The Balaban J connectivity index is 2.19. The minimum atomic E-state index is -0.786. The second-order valence-electron chi connectivity index (χ2n) is 4.67. The van der Waals surface area contributed by atoms with Crippen molar-refractivity contribution in [3.05, 3.63) is 47.8 Å². The van der Waals surface area contributed by atoms with Gasteiger partial charge in [0, 0.05) is 13.0 Å². The molecule has 20 heavy (non-hydrogen) atoms. The Labute approximate surface area is 117 Å². The van der Waals surface area contributed by atoms with Crippen molar-refractivity contribution >= 4 is 0 Å². The predicted molar refractivity (Wildman–Crippen MR) is 74.1 cm³/mol. The molecule has 1 aromatic heterocycles. The lowest BCUT2D eigenvalue weighted by atomic mass is 10.0. The first-order valence-electron chi connectivity index (χ1n) is 6.66. The summed E-state index contributed by atoms with van der Waals surface area (Å²) < 4.78 is 20.9. The van der Waals surface area contributed by atoms with Gasteiger partial charge in [-0.05, 0) is 18.1 Å². The Morgan fingerprint density at radius 2 is 2.25 bits per heavy atom. The number of methoxy groups -OCH3 is 1. The van der Waals surface area contributed by atoms with Gasteiger partial charge in [-0.2, -0.15) is 0 Å². The Bertz CT molecular complexity index is 569. The van der Waals surface area contributed by atoms with Gasteiger partial charge in [0.05, 0.1) is 31.4 Å². The molecule has 0 aliphatic rings. The van der Waals surface area contributed by atoms with Crippen molar-refractivity contribution in [3.8, 4) is 5.75 Å². The molecule has 108 valence electrons. The van der Waals surface area contributed by atoms with Gasteiger partial charge in [-0.15, -0.1) is 0 Å². The van der Waals surface area contributed by atoms with Crippen molar-refractivity contribution in [1.82, 2.24) is 9.55 Å². The highest BCUT2D eigenvalue weighted by Crippen LogP contribution is 2.25. The molecule has 0 radical (unpaired) electrons. The van der Waals surface area contributed by atoms with Gasteiger partial charge in [0.15, 0.2) is 11.6 Å². The average molecular weight is 278 g/mol. The number of ether oxygens (including phenoxy) is 1. The number of aryl methyl sites for hydroxylation is 1. The smallest absolute Gasteiger partial charge is 0.168 e. The molecule has 1 aromatic carbocycles. The molecule has 0 aliphatic heterocycles. The summed E-state index contributed by atoms with van der Waals surface area (Å²) in [4.78, 5) is 4.04. The number of halogens is 1. The summed E-state index contributed by atoms with van der Waals surface area (Å²) in [5.74, 6) is -0.229. The van der Waals surface area contributed by atoms with Crippen LogP contribution in [0.2, 0.25) is 0 Å². The fourth-order valence-electron chi connectivity index (χ4n) is 2.22. The van der Waals surface area contributed by atoms with Gasteiger partial charge in [-0.1, -0.05) is 19.1 Å². The molecule has 1 heterocycles. The van der Waals surface area contributed by atoms with Gasteiger partial charge in [0.25, 0.3) is 0 Å². The van der Waals surface area contributed by atoms with Crippen molar-refractivity contribution in [2.24, 2.45) is 0 Å². The van der Waals surface area contributed by atoms with Gasteiger partial charge in [-0.3, -0.25) is 0 Å². The molecule has 0 saturated heterocycles. The van der Waals surface area contributed by atoms with E-state index in [0.29, 0.717) is 11.3 Å². The Morgan fingerprint density at radius 3 is 2.95 bits per heavy atom. The summed E-state index contributed by atoms with van der Waals surface area (Å²) in [6, 6.07) is 4.93. The van der Waals surface area contributed by atoms with E-state index in [1.165, 1.54) is 7.11 Å². The molecule has 0 saturated carbocycles. The van der Waals surface area contributed by atoms with Crippen LogP contribution in [0.3, 0.4) is 0 Å². The Kier molecular flexibility index (Phi) is 4.74. The predicted octanol–water partition coefficient (Wildman–Crippen LogP) is 2.72. The Morgan fingerprint density at radius 1 is 1.45 bits per heavy atom. The van der Waals surface area contributed by atoms with Crippen LogP contribution in [-0.2, 0) is 13.0 Å². The van der Waals surface area contributed by atoms with E-state index in [2.05, 4.69) is 11.9 Å².